The zero-order valence-electron chi connectivity index (χ0n) is 24.0. The monoisotopic (exact) mass is 551 g/mol. The van der Waals surface area contributed by atoms with Crippen molar-refractivity contribution < 1.29 is 28.1 Å². The highest BCUT2D eigenvalue weighted by Gasteiger charge is 2.69. The molecule has 4 N–H and O–H groups in total. The van der Waals surface area contributed by atoms with Gasteiger partial charge in [-0.15, -0.1) is 0 Å². The standard InChI is InChI=1S/C32H48F3NO3/c1-18(7-5-9-24(37)27-23(33)8-6-10-26(27)39-4)19-11-12-20-28-21(13-15-30(19,20)2)31(3)16-14-25(38)29(36)22(31)17-32(28,34)35/h6,8,10,18-22,24-25,28-29,37-38H,5,7,9,11-17,36H2,1-4H3/t18-,19-,20+,21+,22+,24?,25+,28+,29?,30-,31-/m1/s1. The summed E-state index contributed by atoms with van der Waals surface area (Å²) in [5.41, 5.74) is 6.20. The summed E-state index contributed by atoms with van der Waals surface area (Å²) in [4.78, 5) is 0. The van der Waals surface area contributed by atoms with Gasteiger partial charge in [-0.05, 0) is 97.5 Å². The summed E-state index contributed by atoms with van der Waals surface area (Å²) in [6.45, 7) is 6.68. The third-order valence-corrected chi connectivity index (χ3v) is 12.3. The van der Waals surface area contributed by atoms with Crippen molar-refractivity contribution >= 4 is 0 Å². The van der Waals surface area contributed by atoms with E-state index in [-0.39, 0.29) is 40.6 Å². The molecule has 4 nitrogen and oxygen atoms in total. The van der Waals surface area contributed by atoms with Gasteiger partial charge in [0.15, 0.2) is 0 Å². The number of alkyl halides is 2. The Bertz CT molecular complexity index is 1040. The van der Waals surface area contributed by atoms with Crippen molar-refractivity contribution in [3.63, 3.8) is 0 Å². The molecule has 4 fully saturated rings. The van der Waals surface area contributed by atoms with Crippen molar-refractivity contribution in [2.24, 2.45) is 52.1 Å². The third-order valence-electron chi connectivity index (χ3n) is 12.3. The van der Waals surface area contributed by atoms with Crippen LogP contribution < -0.4 is 10.5 Å². The molecule has 0 amide bonds. The lowest BCUT2D eigenvalue weighted by Crippen LogP contribution is -2.65. The zero-order chi connectivity index (χ0) is 28.3. The van der Waals surface area contributed by atoms with E-state index in [1.54, 1.807) is 12.1 Å². The van der Waals surface area contributed by atoms with Gasteiger partial charge >= 0.3 is 0 Å². The summed E-state index contributed by atoms with van der Waals surface area (Å²) in [6, 6.07) is 4.00. The molecular formula is C32H48F3NO3. The van der Waals surface area contributed by atoms with Crippen LogP contribution in [0.15, 0.2) is 18.2 Å². The van der Waals surface area contributed by atoms with Gasteiger partial charge < -0.3 is 20.7 Å². The molecule has 11 atom stereocenters. The molecule has 1 aromatic carbocycles. The van der Waals surface area contributed by atoms with E-state index in [1.165, 1.54) is 13.2 Å². The predicted octanol–water partition coefficient (Wildman–Crippen LogP) is 6.88. The largest absolute Gasteiger partial charge is 0.496 e. The lowest BCUT2D eigenvalue weighted by Gasteiger charge is -2.64. The van der Waals surface area contributed by atoms with E-state index in [4.69, 9.17) is 10.5 Å². The first-order chi connectivity index (χ1) is 18.3. The summed E-state index contributed by atoms with van der Waals surface area (Å²) in [5, 5.41) is 21.1. The van der Waals surface area contributed by atoms with Crippen LogP contribution in [0, 0.1) is 52.2 Å². The van der Waals surface area contributed by atoms with Crippen LogP contribution in [-0.4, -0.2) is 35.4 Å². The minimum atomic E-state index is -2.77. The molecule has 4 aliphatic rings. The van der Waals surface area contributed by atoms with Crippen molar-refractivity contribution in [1.82, 2.24) is 0 Å². The molecule has 220 valence electrons. The molecule has 0 aromatic heterocycles. The highest BCUT2D eigenvalue weighted by atomic mass is 19.3. The van der Waals surface area contributed by atoms with Gasteiger partial charge in [0.1, 0.15) is 11.6 Å². The van der Waals surface area contributed by atoms with Crippen molar-refractivity contribution in [3.05, 3.63) is 29.6 Å². The average molecular weight is 552 g/mol. The molecule has 0 aliphatic heterocycles. The number of nitrogens with two attached hydrogens (primary N) is 1. The lowest BCUT2D eigenvalue weighted by molar-refractivity contribution is -0.241. The Balaban J connectivity index is 1.27. The fourth-order valence-corrected chi connectivity index (χ4v) is 10.2. The number of ether oxygens (including phenoxy) is 1. The molecule has 0 bridgehead atoms. The minimum absolute atomic E-state index is 0.00665. The second kappa shape index (κ2) is 10.5. The normalized spacial score (nSPS) is 42.7. The number of aliphatic hydroxyl groups excluding tert-OH is 2. The van der Waals surface area contributed by atoms with Crippen molar-refractivity contribution in [2.45, 2.75) is 109 Å². The van der Waals surface area contributed by atoms with E-state index in [1.807, 2.05) is 0 Å². The highest BCUT2D eigenvalue weighted by Crippen LogP contribution is 2.71. The second-order valence-corrected chi connectivity index (χ2v) is 14.0. The molecule has 39 heavy (non-hydrogen) atoms. The first kappa shape index (κ1) is 29.2. The summed E-state index contributed by atoms with van der Waals surface area (Å²) in [5.74, 6) is -3.19. The molecule has 0 radical (unpaired) electrons. The summed E-state index contributed by atoms with van der Waals surface area (Å²) in [6.07, 6.45) is 5.17. The Morgan fingerprint density at radius 3 is 2.44 bits per heavy atom. The number of hydrogen-bond donors (Lipinski definition) is 3. The molecule has 0 heterocycles. The number of methoxy groups -OCH3 is 1. The van der Waals surface area contributed by atoms with Gasteiger partial charge in [-0.3, -0.25) is 0 Å². The Hall–Kier alpha value is -1.31. The second-order valence-electron chi connectivity index (χ2n) is 14.0. The van der Waals surface area contributed by atoms with Crippen molar-refractivity contribution in [1.29, 1.82) is 0 Å². The van der Waals surface area contributed by atoms with Crippen LogP contribution in [0.25, 0.3) is 0 Å². The number of rotatable bonds is 7. The molecule has 4 saturated carbocycles. The number of fused-ring (bicyclic) bond motifs is 5. The predicted molar refractivity (Wildman–Crippen MR) is 146 cm³/mol. The van der Waals surface area contributed by atoms with Crippen LogP contribution in [0.4, 0.5) is 13.2 Å². The van der Waals surface area contributed by atoms with Gasteiger partial charge in [0.05, 0.1) is 24.9 Å². The maximum atomic E-state index is 16.1. The van der Waals surface area contributed by atoms with Gasteiger partial charge in [-0.1, -0.05) is 39.7 Å². The van der Waals surface area contributed by atoms with Crippen LogP contribution in [0.1, 0.15) is 96.6 Å². The van der Waals surface area contributed by atoms with E-state index in [9.17, 15) is 14.6 Å². The molecule has 1 aromatic rings. The minimum Gasteiger partial charge on any atom is -0.496 e. The fraction of sp³-hybridized carbons (Fsp3) is 0.812. The number of hydrogen-bond acceptors (Lipinski definition) is 4. The van der Waals surface area contributed by atoms with Gasteiger partial charge in [-0.25, -0.2) is 13.2 Å². The topological polar surface area (TPSA) is 75.7 Å². The van der Waals surface area contributed by atoms with Gasteiger partial charge in [-0.2, -0.15) is 0 Å². The van der Waals surface area contributed by atoms with Crippen LogP contribution >= 0.6 is 0 Å². The van der Waals surface area contributed by atoms with Crippen LogP contribution in [0.2, 0.25) is 0 Å². The highest BCUT2D eigenvalue weighted by molar-refractivity contribution is 5.36. The first-order valence-electron chi connectivity index (χ1n) is 15.2. The first-order valence-corrected chi connectivity index (χ1v) is 15.2. The zero-order valence-corrected chi connectivity index (χ0v) is 24.0. The lowest BCUT2D eigenvalue weighted by atomic mass is 9.43. The fourth-order valence-electron chi connectivity index (χ4n) is 10.2. The van der Waals surface area contributed by atoms with E-state index in [0.29, 0.717) is 30.4 Å². The van der Waals surface area contributed by atoms with E-state index >= 15 is 8.78 Å². The number of benzene rings is 1. The summed E-state index contributed by atoms with van der Waals surface area (Å²) in [7, 11) is 1.47. The number of halogens is 3. The Morgan fingerprint density at radius 1 is 1.03 bits per heavy atom. The SMILES string of the molecule is COc1cccc(F)c1C(O)CCC[C@@H](C)[C@H]1CC[C@H]2[C@H]3[C@H](CC[C@]12C)[C@@]1(C)CC[C@H](O)C(N)[C@@H]1CC3(F)F. The van der Waals surface area contributed by atoms with E-state index in [2.05, 4.69) is 20.8 Å². The van der Waals surface area contributed by atoms with Crippen LogP contribution in [0.3, 0.4) is 0 Å². The van der Waals surface area contributed by atoms with Crippen molar-refractivity contribution in [3.8, 4) is 5.75 Å². The van der Waals surface area contributed by atoms with Crippen LogP contribution in [-0.2, 0) is 0 Å². The third kappa shape index (κ3) is 4.72. The van der Waals surface area contributed by atoms with E-state index in [0.717, 1.165) is 44.9 Å². The summed E-state index contributed by atoms with van der Waals surface area (Å²) < 4.78 is 51.8. The van der Waals surface area contributed by atoms with Gasteiger partial charge in [0.2, 0.25) is 0 Å². The van der Waals surface area contributed by atoms with E-state index < -0.39 is 35.9 Å². The maximum Gasteiger partial charge on any atom is 0.251 e. The van der Waals surface area contributed by atoms with Gasteiger partial charge in [0, 0.05) is 18.4 Å². The Kier molecular flexibility index (Phi) is 7.87. The Labute approximate surface area is 231 Å². The van der Waals surface area contributed by atoms with Gasteiger partial charge in [0.25, 0.3) is 5.92 Å². The average Bonchev–Trinajstić information content (AvgIpc) is 3.24. The molecule has 0 spiro atoms. The molecule has 0 saturated heterocycles. The Morgan fingerprint density at radius 2 is 1.72 bits per heavy atom. The van der Waals surface area contributed by atoms with Crippen molar-refractivity contribution in [2.75, 3.05) is 7.11 Å². The summed E-state index contributed by atoms with van der Waals surface area (Å²) >= 11 is 0. The molecular weight excluding hydrogens is 503 g/mol. The molecule has 5 rings (SSSR count). The molecule has 7 heteroatoms. The quantitative estimate of drug-likeness (QED) is 0.345. The smallest absolute Gasteiger partial charge is 0.251 e. The molecule has 2 unspecified atom stereocenters. The molecule has 4 aliphatic carbocycles. The number of aliphatic hydroxyl groups is 2. The van der Waals surface area contributed by atoms with Crippen LogP contribution in [0.5, 0.6) is 5.75 Å². The maximum absolute atomic E-state index is 16.1.